The molecule has 0 unspecified atom stereocenters. The molecular formula is C12H14O3S. The molecule has 0 saturated heterocycles. The number of hydrogen-bond donors (Lipinski definition) is 1. The minimum Gasteiger partial charge on any atom is -0.497 e. The third-order valence-electron chi connectivity index (χ3n) is 2.86. The van der Waals surface area contributed by atoms with Crippen molar-refractivity contribution in [3.63, 3.8) is 0 Å². The van der Waals surface area contributed by atoms with E-state index >= 15 is 0 Å². The van der Waals surface area contributed by atoms with E-state index in [0.717, 1.165) is 23.5 Å². The third-order valence-corrected chi connectivity index (χ3v) is 4.15. The average molecular weight is 238 g/mol. The molecule has 1 aliphatic rings. The van der Waals surface area contributed by atoms with E-state index in [9.17, 15) is 4.79 Å². The Hall–Kier alpha value is -1.16. The monoisotopic (exact) mass is 238 g/mol. The number of carboxylic acids is 1. The van der Waals surface area contributed by atoms with Crippen LogP contribution in [-0.2, 0) is 4.79 Å². The predicted molar refractivity (Wildman–Crippen MR) is 63.0 cm³/mol. The van der Waals surface area contributed by atoms with E-state index in [1.54, 1.807) is 18.9 Å². The fourth-order valence-corrected chi connectivity index (χ4v) is 2.71. The molecule has 1 aromatic carbocycles. The van der Waals surface area contributed by atoms with Crippen molar-refractivity contribution in [1.29, 1.82) is 0 Å². The molecule has 4 heteroatoms. The Morgan fingerprint density at radius 3 is 2.88 bits per heavy atom. The summed E-state index contributed by atoms with van der Waals surface area (Å²) in [6, 6.07) is 7.71. The second-order valence-electron chi connectivity index (χ2n) is 4.05. The number of benzene rings is 1. The van der Waals surface area contributed by atoms with Crippen molar-refractivity contribution >= 4 is 17.7 Å². The van der Waals surface area contributed by atoms with Gasteiger partial charge in [-0.15, -0.1) is 11.8 Å². The molecule has 0 bridgehead atoms. The summed E-state index contributed by atoms with van der Waals surface area (Å²) >= 11 is 1.59. The topological polar surface area (TPSA) is 46.5 Å². The molecule has 0 atom stereocenters. The second-order valence-corrected chi connectivity index (χ2v) is 5.10. The zero-order valence-electron chi connectivity index (χ0n) is 9.10. The molecule has 0 amide bonds. The van der Waals surface area contributed by atoms with Gasteiger partial charge in [-0.1, -0.05) is 6.07 Å². The highest BCUT2D eigenvalue weighted by Gasteiger charge is 2.49. The van der Waals surface area contributed by atoms with Crippen molar-refractivity contribution < 1.29 is 14.6 Å². The Kier molecular flexibility index (Phi) is 3.10. The highest BCUT2D eigenvalue weighted by Crippen LogP contribution is 2.49. The van der Waals surface area contributed by atoms with Crippen LogP contribution in [0.25, 0.3) is 0 Å². The molecule has 1 saturated carbocycles. The van der Waals surface area contributed by atoms with Crippen LogP contribution in [0, 0.1) is 5.41 Å². The van der Waals surface area contributed by atoms with Gasteiger partial charge in [-0.05, 0) is 31.0 Å². The first-order chi connectivity index (χ1) is 7.66. The molecule has 0 spiro atoms. The second kappa shape index (κ2) is 4.37. The number of hydrogen-bond acceptors (Lipinski definition) is 3. The van der Waals surface area contributed by atoms with Crippen LogP contribution >= 0.6 is 11.8 Å². The van der Waals surface area contributed by atoms with Gasteiger partial charge in [-0.3, -0.25) is 4.79 Å². The standard InChI is InChI=1S/C12H14O3S/c1-15-9-3-2-4-10(7-9)16-8-12(5-6-12)11(13)14/h2-4,7H,5-6,8H2,1H3,(H,13,14). The van der Waals surface area contributed by atoms with Crippen LogP contribution in [0.3, 0.4) is 0 Å². The molecule has 3 nitrogen and oxygen atoms in total. The number of carboxylic acid groups (broad SMARTS) is 1. The van der Waals surface area contributed by atoms with E-state index in [4.69, 9.17) is 9.84 Å². The third kappa shape index (κ3) is 2.32. The number of aliphatic carboxylic acids is 1. The summed E-state index contributed by atoms with van der Waals surface area (Å²) in [4.78, 5) is 12.1. The molecule has 1 aliphatic carbocycles. The molecule has 0 heterocycles. The number of rotatable bonds is 5. The van der Waals surface area contributed by atoms with Crippen molar-refractivity contribution in [2.45, 2.75) is 17.7 Å². The van der Waals surface area contributed by atoms with Gasteiger partial charge >= 0.3 is 5.97 Å². The lowest BCUT2D eigenvalue weighted by atomic mass is 10.1. The Bertz CT molecular complexity index is 399. The zero-order chi connectivity index (χ0) is 11.6. The van der Waals surface area contributed by atoms with E-state index < -0.39 is 11.4 Å². The van der Waals surface area contributed by atoms with E-state index in [1.807, 2.05) is 24.3 Å². The van der Waals surface area contributed by atoms with Crippen LogP contribution in [0.1, 0.15) is 12.8 Å². The summed E-state index contributed by atoms with van der Waals surface area (Å²) in [5.74, 6) is 0.795. The van der Waals surface area contributed by atoms with Gasteiger partial charge in [0.1, 0.15) is 5.75 Å². The minimum atomic E-state index is -0.664. The summed E-state index contributed by atoms with van der Waals surface area (Å²) in [7, 11) is 1.63. The van der Waals surface area contributed by atoms with Gasteiger partial charge in [0.2, 0.25) is 0 Å². The van der Waals surface area contributed by atoms with Gasteiger partial charge < -0.3 is 9.84 Å². The molecule has 0 aliphatic heterocycles. The number of methoxy groups -OCH3 is 1. The van der Waals surface area contributed by atoms with Gasteiger partial charge in [0, 0.05) is 10.6 Å². The number of ether oxygens (including phenoxy) is 1. The highest BCUT2D eigenvalue weighted by atomic mass is 32.2. The molecule has 1 N–H and O–H groups in total. The van der Waals surface area contributed by atoms with Gasteiger partial charge in [-0.2, -0.15) is 0 Å². The van der Waals surface area contributed by atoms with Gasteiger partial charge in [0.25, 0.3) is 0 Å². The lowest BCUT2D eigenvalue weighted by Gasteiger charge is -2.09. The van der Waals surface area contributed by atoms with Crippen molar-refractivity contribution in [3.8, 4) is 5.75 Å². The smallest absolute Gasteiger partial charge is 0.310 e. The Morgan fingerprint density at radius 2 is 2.31 bits per heavy atom. The fraction of sp³-hybridized carbons (Fsp3) is 0.417. The first-order valence-electron chi connectivity index (χ1n) is 5.16. The van der Waals surface area contributed by atoms with Crippen LogP contribution in [0.15, 0.2) is 29.2 Å². The van der Waals surface area contributed by atoms with Gasteiger partial charge in [0.05, 0.1) is 12.5 Å². The van der Waals surface area contributed by atoms with E-state index in [1.165, 1.54) is 0 Å². The van der Waals surface area contributed by atoms with Gasteiger partial charge in [-0.25, -0.2) is 0 Å². The van der Waals surface area contributed by atoms with Crippen molar-refractivity contribution in [2.75, 3.05) is 12.9 Å². The largest absolute Gasteiger partial charge is 0.497 e. The van der Waals surface area contributed by atoms with Crippen LogP contribution < -0.4 is 4.74 Å². The lowest BCUT2D eigenvalue weighted by Crippen LogP contribution is -2.17. The molecule has 1 fully saturated rings. The molecule has 86 valence electrons. The fourth-order valence-electron chi connectivity index (χ4n) is 1.48. The quantitative estimate of drug-likeness (QED) is 0.801. The van der Waals surface area contributed by atoms with Crippen LogP contribution in [0.2, 0.25) is 0 Å². The van der Waals surface area contributed by atoms with Crippen LogP contribution in [0.5, 0.6) is 5.75 Å². The first-order valence-corrected chi connectivity index (χ1v) is 6.15. The van der Waals surface area contributed by atoms with Gasteiger partial charge in [0.15, 0.2) is 0 Å². The average Bonchev–Trinajstić information content (AvgIpc) is 3.08. The maximum Gasteiger partial charge on any atom is 0.310 e. The normalized spacial score (nSPS) is 16.8. The van der Waals surface area contributed by atoms with Crippen LogP contribution in [0.4, 0.5) is 0 Å². The zero-order valence-corrected chi connectivity index (χ0v) is 9.92. The maximum atomic E-state index is 11.0. The molecular weight excluding hydrogens is 224 g/mol. The molecule has 16 heavy (non-hydrogen) atoms. The van der Waals surface area contributed by atoms with Crippen molar-refractivity contribution in [2.24, 2.45) is 5.41 Å². The van der Waals surface area contributed by atoms with E-state index in [2.05, 4.69) is 0 Å². The summed E-state index contributed by atoms with van der Waals surface area (Å²) in [5.41, 5.74) is -0.465. The lowest BCUT2D eigenvalue weighted by molar-refractivity contribution is -0.142. The SMILES string of the molecule is COc1cccc(SCC2(C(=O)O)CC2)c1. The summed E-state index contributed by atoms with van der Waals surface area (Å²) in [6.07, 6.45) is 1.61. The molecule has 1 aromatic rings. The minimum absolute atomic E-state index is 0.465. The summed E-state index contributed by atoms with van der Waals surface area (Å²) in [6.45, 7) is 0. The van der Waals surface area contributed by atoms with Crippen molar-refractivity contribution in [3.05, 3.63) is 24.3 Å². The predicted octanol–water partition coefficient (Wildman–Crippen LogP) is 2.65. The summed E-state index contributed by atoms with van der Waals surface area (Å²) < 4.78 is 5.12. The molecule has 0 aromatic heterocycles. The Morgan fingerprint density at radius 1 is 1.56 bits per heavy atom. The first kappa shape index (κ1) is 11.3. The highest BCUT2D eigenvalue weighted by molar-refractivity contribution is 7.99. The van der Waals surface area contributed by atoms with E-state index in [0.29, 0.717) is 5.75 Å². The molecule has 0 radical (unpaired) electrons. The number of thioether (sulfide) groups is 1. The maximum absolute atomic E-state index is 11.0. The Labute approximate surface area is 98.8 Å². The Balaban J connectivity index is 1.97. The van der Waals surface area contributed by atoms with Crippen molar-refractivity contribution in [1.82, 2.24) is 0 Å². The van der Waals surface area contributed by atoms with Crippen LogP contribution in [-0.4, -0.2) is 23.9 Å². The number of carbonyl (C=O) groups is 1. The molecule has 2 rings (SSSR count). The van der Waals surface area contributed by atoms with E-state index in [-0.39, 0.29) is 0 Å². The summed E-state index contributed by atoms with van der Waals surface area (Å²) in [5, 5.41) is 9.04.